The zero-order valence-electron chi connectivity index (χ0n) is 14.8. The first-order valence-corrected chi connectivity index (χ1v) is 9.19. The summed E-state index contributed by atoms with van der Waals surface area (Å²) >= 11 is 6.19. The number of rotatable bonds is 2. The Kier molecular flexibility index (Phi) is 3.69. The van der Waals surface area contributed by atoms with Crippen LogP contribution in [0.4, 0.5) is 17.1 Å². The number of aliphatic imine (C=N–C) groups is 1. The van der Waals surface area contributed by atoms with E-state index >= 15 is 0 Å². The van der Waals surface area contributed by atoms with Crippen molar-refractivity contribution < 1.29 is 9.72 Å². The molecule has 0 fully saturated rings. The average Bonchev–Trinajstić information content (AvgIpc) is 2.98. The van der Waals surface area contributed by atoms with Crippen LogP contribution in [0, 0.1) is 10.1 Å². The predicted molar refractivity (Wildman–Crippen MR) is 111 cm³/mol. The highest BCUT2D eigenvalue weighted by Crippen LogP contribution is 2.45. The molecule has 2 aliphatic rings. The maximum Gasteiger partial charge on any atom is 0.277 e. The highest BCUT2D eigenvalue weighted by molar-refractivity contribution is 6.31. The van der Waals surface area contributed by atoms with Crippen molar-refractivity contribution in [3.63, 3.8) is 0 Å². The smallest absolute Gasteiger partial charge is 0.277 e. The molecule has 2 aliphatic heterocycles. The fourth-order valence-electron chi connectivity index (χ4n) is 3.71. The van der Waals surface area contributed by atoms with Crippen molar-refractivity contribution in [2.75, 3.05) is 10.6 Å². The molecule has 1 amide bonds. The van der Waals surface area contributed by atoms with Crippen molar-refractivity contribution in [1.29, 1.82) is 0 Å². The molecule has 5 rings (SSSR count). The van der Waals surface area contributed by atoms with Crippen LogP contribution in [-0.2, 0) is 10.5 Å². The molecule has 0 aliphatic carbocycles. The quantitative estimate of drug-likeness (QED) is 0.491. The Morgan fingerprint density at radius 3 is 2.52 bits per heavy atom. The van der Waals surface area contributed by atoms with Crippen molar-refractivity contribution in [2.24, 2.45) is 4.99 Å². The summed E-state index contributed by atoms with van der Waals surface area (Å²) in [5, 5.41) is 17.8. The first kappa shape index (κ1) is 17.4. The van der Waals surface area contributed by atoms with E-state index in [0.29, 0.717) is 33.2 Å². The number of nitrogens with zero attached hydrogens (tertiary/aromatic N) is 2. The van der Waals surface area contributed by atoms with E-state index in [1.807, 2.05) is 30.3 Å². The summed E-state index contributed by atoms with van der Waals surface area (Å²) in [5.41, 5.74) is 2.13. The van der Waals surface area contributed by atoms with Gasteiger partial charge in [0.15, 0.2) is 0 Å². The fourth-order valence-corrected chi connectivity index (χ4v) is 3.88. The Balaban J connectivity index is 1.80. The van der Waals surface area contributed by atoms with Crippen LogP contribution in [0.15, 0.2) is 71.7 Å². The Bertz CT molecular complexity index is 1230. The lowest BCUT2D eigenvalue weighted by molar-refractivity contribution is -0.384. The summed E-state index contributed by atoms with van der Waals surface area (Å²) in [5.74, 6) is -0.341. The molecule has 142 valence electrons. The van der Waals surface area contributed by atoms with Gasteiger partial charge in [0, 0.05) is 45.2 Å². The molecule has 0 aromatic heterocycles. The minimum Gasteiger partial charge on any atom is -0.349 e. The molecular weight excluding hydrogens is 392 g/mol. The maximum atomic E-state index is 13.0. The van der Waals surface area contributed by atoms with E-state index in [1.165, 1.54) is 12.1 Å². The fraction of sp³-hybridized carbons (Fsp3) is 0.0476. The topological polar surface area (TPSA) is 96.6 Å². The van der Waals surface area contributed by atoms with Crippen LogP contribution in [0.3, 0.4) is 0 Å². The number of nitrogens with one attached hydrogen (secondary N) is 2. The van der Waals surface area contributed by atoms with Gasteiger partial charge in [-0.2, -0.15) is 0 Å². The van der Waals surface area contributed by atoms with Crippen molar-refractivity contribution >= 4 is 40.3 Å². The number of hydrogen-bond acceptors (Lipinski definition) is 5. The summed E-state index contributed by atoms with van der Waals surface area (Å²) in [7, 11) is 0. The van der Waals surface area contributed by atoms with Crippen LogP contribution in [0.5, 0.6) is 0 Å². The zero-order valence-corrected chi connectivity index (χ0v) is 15.6. The largest absolute Gasteiger partial charge is 0.349 e. The van der Waals surface area contributed by atoms with E-state index in [-0.39, 0.29) is 11.6 Å². The molecule has 29 heavy (non-hydrogen) atoms. The summed E-state index contributed by atoms with van der Waals surface area (Å²) in [6, 6.07) is 18.9. The molecule has 1 spiro atoms. The molecular formula is C21H13ClN4O3. The monoisotopic (exact) mass is 404 g/mol. The van der Waals surface area contributed by atoms with Crippen LogP contribution >= 0.6 is 11.6 Å². The Morgan fingerprint density at radius 1 is 1.00 bits per heavy atom. The lowest BCUT2D eigenvalue weighted by atomic mass is 9.92. The predicted octanol–water partition coefficient (Wildman–Crippen LogP) is 4.32. The van der Waals surface area contributed by atoms with Gasteiger partial charge in [-0.3, -0.25) is 14.9 Å². The molecule has 8 heteroatoms. The second-order valence-electron chi connectivity index (χ2n) is 6.79. The third kappa shape index (κ3) is 2.59. The van der Waals surface area contributed by atoms with E-state index in [1.54, 1.807) is 24.3 Å². The molecule has 0 saturated heterocycles. The van der Waals surface area contributed by atoms with Crippen LogP contribution in [0.2, 0.25) is 5.02 Å². The maximum absolute atomic E-state index is 13.0. The Morgan fingerprint density at radius 2 is 1.76 bits per heavy atom. The van der Waals surface area contributed by atoms with Gasteiger partial charge in [-0.05, 0) is 24.3 Å². The van der Waals surface area contributed by atoms with Crippen LogP contribution in [0.1, 0.15) is 16.7 Å². The second kappa shape index (κ2) is 6.15. The molecule has 3 aromatic rings. The third-order valence-corrected chi connectivity index (χ3v) is 5.29. The molecule has 1 unspecified atom stereocenters. The lowest BCUT2D eigenvalue weighted by Crippen LogP contribution is -2.44. The van der Waals surface area contributed by atoms with Gasteiger partial charge in [-0.1, -0.05) is 41.9 Å². The summed E-state index contributed by atoms with van der Waals surface area (Å²) in [4.78, 5) is 28.7. The van der Waals surface area contributed by atoms with Crippen LogP contribution in [-0.4, -0.2) is 16.5 Å². The third-order valence-electron chi connectivity index (χ3n) is 5.06. The first-order chi connectivity index (χ1) is 14.0. The molecule has 2 heterocycles. The highest BCUT2D eigenvalue weighted by atomic mass is 35.5. The van der Waals surface area contributed by atoms with Crippen molar-refractivity contribution in [2.45, 2.75) is 5.66 Å². The molecule has 1 atom stereocenters. The van der Waals surface area contributed by atoms with Gasteiger partial charge in [0.05, 0.1) is 10.6 Å². The van der Waals surface area contributed by atoms with Gasteiger partial charge in [0.25, 0.3) is 11.6 Å². The zero-order chi connectivity index (χ0) is 20.2. The molecule has 2 N–H and O–H groups in total. The highest BCUT2D eigenvalue weighted by Gasteiger charge is 2.50. The van der Waals surface area contributed by atoms with E-state index in [2.05, 4.69) is 10.6 Å². The number of amides is 1. The number of carbonyl (C=O) groups excluding carboxylic acids is 1. The number of anilines is 2. The lowest BCUT2D eigenvalue weighted by Gasteiger charge is -2.32. The Labute approximate surface area is 170 Å². The molecule has 7 nitrogen and oxygen atoms in total. The number of fused-ring (bicyclic) bond motifs is 3. The number of benzene rings is 3. The van der Waals surface area contributed by atoms with E-state index in [4.69, 9.17) is 16.6 Å². The normalized spacial score (nSPS) is 19.1. The van der Waals surface area contributed by atoms with Gasteiger partial charge < -0.3 is 10.6 Å². The summed E-state index contributed by atoms with van der Waals surface area (Å²) in [6.45, 7) is 0. The average molecular weight is 405 g/mol. The summed E-state index contributed by atoms with van der Waals surface area (Å²) < 4.78 is 0. The van der Waals surface area contributed by atoms with Gasteiger partial charge in [0.1, 0.15) is 0 Å². The van der Waals surface area contributed by atoms with E-state index < -0.39 is 10.6 Å². The molecule has 0 radical (unpaired) electrons. The first-order valence-electron chi connectivity index (χ1n) is 8.82. The number of halogens is 1. The second-order valence-corrected chi connectivity index (χ2v) is 7.23. The van der Waals surface area contributed by atoms with Crippen molar-refractivity contribution in [1.82, 2.24) is 0 Å². The Hall–Kier alpha value is -3.71. The van der Waals surface area contributed by atoms with Gasteiger partial charge in [0.2, 0.25) is 5.66 Å². The summed E-state index contributed by atoms with van der Waals surface area (Å²) in [6.07, 6.45) is 0. The van der Waals surface area contributed by atoms with Gasteiger partial charge in [-0.15, -0.1) is 0 Å². The minimum atomic E-state index is -1.41. The van der Waals surface area contributed by atoms with Crippen LogP contribution < -0.4 is 10.6 Å². The number of hydrogen-bond donors (Lipinski definition) is 2. The van der Waals surface area contributed by atoms with E-state index in [9.17, 15) is 14.9 Å². The van der Waals surface area contributed by atoms with E-state index in [0.717, 1.165) is 5.56 Å². The van der Waals surface area contributed by atoms with Crippen molar-refractivity contribution in [3.05, 3.63) is 98.6 Å². The van der Waals surface area contributed by atoms with Gasteiger partial charge >= 0.3 is 0 Å². The van der Waals surface area contributed by atoms with Gasteiger partial charge in [-0.25, -0.2) is 4.99 Å². The van der Waals surface area contributed by atoms with Crippen molar-refractivity contribution in [3.8, 4) is 0 Å². The number of carbonyl (C=O) groups is 1. The SMILES string of the molecule is O=C1Nc2ccc(Cl)cc2C12N=C(c1ccccc1)c1cc([N+](=O)[O-])ccc1N2. The van der Waals surface area contributed by atoms with Crippen LogP contribution in [0.25, 0.3) is 0 Å². The molecule has 0 bridgehead atoms. The number of non-ortho nitro benzene ring substituents is 1. The molecule has 3 aromatic carbocycles. The number of nitro groups is 1. The minimum absolute atomic E-state index is 0.0514. The standard InChI is InChI=1S/C21H13ClN4O3/c22-13-6-8-18-16(10-13)21(20(27)23-18)24-17-9-7-14(26(28)29)11-15(17)19(25-21)12-4-2-1-3-5-12/h1-11,24H,(H,23,27). The number of nitro benzene ring substituents is 1. The molecule has 0 saturated carbocycles.